The van der Waals surface area contributed by atoms with Crippen molar-refractivity contribution in [1.82, 2.24) is 0 Å². The summed E-state index contributed by atoms with van der Waals surface area (Å²) in [6, 6.07) is 12.4. The van der Waals surface area contributed by atoms with Gasteiger partial charge in [0.1, 0.15) is 0 Å². The second-order valence-corrected chi connectivity index (χ2v) is 11.3. The summed E-state index contributed by atoms with van der Waals surface area (Å²) in [5, 5.41) is 1.50. The minimum absolute atomic E-state index is 0.0858. The van der Waals surface area contributed by atoms with E-state index in [1.165, 1.54) is 0 Å². The quantitative estimate of drug-likeness (QED) is 0.432. The van der Waals surface area contributed by atoms with Crippen LogP contribution in [0.15, 0.2) is 47.4 Å². The Morgan fingerprint density at radius 3 is 2.55 bits per heavy atom. The molecule has 1 aliphatic rings. The summed E-state index contributed by atoms with van der Waals surface area (Å²) in [6.45, 7) is 3.04. The molecule has 0 amide bonds. The predicted molar refractivity (Wildman–Crippen MR) is 106 cm³/mol. The zero-order valence-corrected chi connectivity index (χ0v) is 17.5. The van der Waals surface area contributed by atoms with Gasteiger partial charge in [0, 0.05) is 23.0 Å². The first-order chi connectivity index (χ1) is 13.7. The lowest BCUT2D eigenvalue weighted by molar-refractivity contribution is -0.0496. The van der Waals surface area contributed by atoms with Gasteiger partial charge in [-0.05, 0) is 30.2 Å². The van der Waals surface area contributed by atoms with Crippen molar-refractivity contribution in [2.45, 2.75) is 29.9 Å². The second-order valence-electron chi connectivity index (χ2n) is 6.61. The molecule has 2 aromatic rings. The van der Waals surface area contributed by atoms with Crippen LogP contribution < -0.4 is 0 Å². The number of halogens is 3. The van der Waals surface area contributed by atoms with Gasteiger partial charge in [0.05, 0.1) is 19.3 Å². The Morgan fingerprint density at radius 2 is 1.83 bits per heavy atom. The van der Waals surface area contributed by atoms with Gasteiger partial charge in [-0.2, -0.15) is 21.6 Å². The predicted octanol–water partition coefficient (Wildman–Crippen LogP) is 4.61. The van der Waals surface area contributed by atoms with Crippen LogP contribution in [-0.4, -0.2) is 51.4 Å². The summed E-state index contributed by atoms with van der Waals surface area (Å²) in [4.78, 5) is 0.499. The van der Waals surface area contributed by atoms with Gasteiger partial charge in [0.25, 0.3) is 0 Å². The van der Waals surface area contributed by atoms with Gasteiger partial charge in [-0.1, -0.05) is 46.7 Å². The van der Waals surface area contributed by atoms with Gasteiger partial charge >= 0.3 is 15.6 Å². The van der Waals surface area contributed by atoms with Crippen molar-refractivity contribution < 1.29 is 34.7 Å². The van der Waals surface area contributed by atoms with E-state index in [1.807, 2.05) is 25.1 Å². The Balaban J connectivity index is 1.97. The van der Waals surface area contributed by atoms with E-state index in [4.69, 9.17) is 13.1 Å². The molecule has 0 spiro atoms. The number of ether oxygens (including phenoxy) is 2. The minimum Gasteiger partial charge on any atom is -0.379 e. The van der Waals surface area contributed by atoms with Crippen LogP contribution in [0.1, 0.15) is 13.3 Å². The number of rotatable bonds is 8. The Bertz CT molecular complexity index is 943. The molecular formula is C19H23F3O5S2. The summed E-state index contributed by atoms with van der Waals surface area (Å²) >= 11 is 0. The Kier molecular flexibility index (Phi) is 6.79. The zero-order valence-electron chi connectivity index (χ0n) is 15.9. The third kappa shape index (κ3) is 4.88. The molecular weight excluding hydrogens is 429 g/mol. The molecule has 0 saturated carbocycles. The molecule has 3 rings (SSSR count). The highest BCUT2D eigenvalue weighted by atomic mass is 32.3. The van der Waals surface area contributed by atoms with Crippen LogP contribution in [0.2, 0.25) is 0 Å². The monoisotopic (exact) mass is 452 g/mol. The first-order valence-electron chi connectivity index (χ1n) is 9.17. The highest BCUT2D eigenvalue weighted by molar-refractivity contribution is 8.33. The van der Waals surface area contributed by atoms with Crippen molar-refractivity contribution in [2.24, 2.45) is 0 Å². The Hall–Kier alpha value is -1.33. The molecule has 162 valence electrons. The molecule has 0 aliphatic carbocycles. The van der Waals surface area contributed by atoms with Crippen molar-refractivity contribution in [1.29, 1.82) is 0 Å². The van der Waals surface area contributed by atoms with Crippen LogP contribution in [0.5, 0.6) is 0 Å². The van der Waals surface area contributed by atoms with E-state index in [0.29, 0.717) is 29.9 Å². The summed E-state index contributed by atoms with van der Waals surface area (Å²) in [7, 11) is -8.53. The molecule has 29 heavy (non-hydrogen) atoms. The minimum atomic E-state index is -5.75. The van der Waals surface area contributed by atoms with Crippen molar-refractivity contribution in [2.75, 3.05) is 31.3 Å². The molecule has 2 aromatic carbocycles. The molecule has 1 saturated heterocycles. The maximum absolute atomic E-state index is 13.1. The van der Waals surface area contributed by atoms with E-state index < -0.39 is 32.0 Å². The molecule has 2 atom stereocenters. The molecule has 1 heterocycles. The number of hydrogen-bond acceptors (Lipinski definition) is 5. The average molecular weight is 453 g/mol. The summed E-state index contributed by atoms with van der Waals surface area (Å²) < 4.78 is 79.2. The fourth-order valence-electron chi connectivity index (χ4n) is 3.37. The lowest BCUT2D eigenvalue weighted by atomic mass is 10.1. The van der Waals surface area contributed by atoms with Crippen molar-refractivity contribution in [3.8, 4) is 0 Å². The van der Waals surface area contributed by atoms with E-state index in [0.717, 1.165) is 5.39 Å². The number of hydrogen-bond donors (Lipinski definition) is 0. The van der Waals surface area contributed by atoms with Crippen molar-refractivity contribution in [3.05, 3.63) is 42.5 Å². The fourth-order valence-corrected chi connectivity index (χ4v) is 8.82. The smallest absolute Gasteiger partial charge is 0.379 e. The van der Waals surface area contributed by atoms with Crippen molar-refractivity contribution >= 4 is 31.2 Å². The number of benzene rings is 2. The lowest BCUT2D eigenvalue weighted by Gasteiger charge is -2.35. The van der Waals surface area contributed by atoms with E-state index in [-0.39, 0.29) is 18.1 Å². The third-order valence-corrected chi connectivity index (χ3v) is 9.95. The van der Waals surface area contributed by atoms with E-state index in [9.17, 15) is 21.6 Å². The number of fused-ring (bicyclic) bond motifs is 1. The van der Waals surface area contributed by atoms with Gasteiger partial charge in [-0.15, -0.1) is 0 Å². The first kappa shape index (κ1) is 22.4. The molecule has 0 N–H and O–H groups in total. The molecule has 5 nitrogen and oxygen atoms in total. The highest BCUT2D eigenvalue weighted by Crippen LogP contribution is 2.65. The van der Waals surface area contributed by atoms with Crippen LogP contribution in [0.3, 0.4) is 0 Å². The standard InChI is InChI=1S/C19H23F3O5S2/c1-2-25-11-12-26-16-10-13-28(14-16,27-29(23,24)19(20,21)22)18-9-5-7-15-6-3-4-8-17(15)18/h3-9,16H,2,10-14H2,1H3. The van der Waals surface area contributed by atoms with Crippen LogP contribution in [0.4, 0.5) is 13.2 Å². The van der Waals surface area contributed by atoms with Gasteiger partial charge in [-0.25, -0.2) is 3.63 Å². The Labute approximate surface area is 169 Å². The van der Waals surface area contributed by atoms with Gasteiger partial charge in [0.2, 0.25) is 0 Å². The van der Waals surface area contributed by atoms with Crippen LogP contribution in [0.25, 0.3) is 10.8 Å². The average Bonchev–Trinajstić information content (AvgIpc) is 3.07. The molecule has 0 radical (unpaired) electrons. The normalized spacial score (nSPS) is 25.2. The van der Waals surface area contributed by atoms with E-state index in [2.05, 4.69) is 0 Å². The maximum atomic E-state index is 13.1. The molecule has 2 unspecified atom stereocenters. The van der Waals surface area contributed by atoms with Crippen LogP contribution in [-0.2, 0) is 23.2 Å². The zero-order chi connectivity index (χ0) is 21.1. The molecule has 0 aromatic heterocycles. The Morgan fingerprint density at radius 1 is 1.10 bits per heavy atom. The molecule has 1 fully saturated rings. The molecule has 10 heteroatoms. The summed E-state index contributed by atoms with van der Waals surface area (Å²) in [5.41, 5.74) is -5.48. The number of alkyl halides is 3. The van der Waals surface area contributed by atoms with Gasteiger partial charge in [-0.3, -0.25) is 0 Å². The second kappa shape index (κ2) is 8.81. The molecule has 1 aliphatic heterocycles. The van der Waals surface area contributed by atoms with Crippen LogP contribution >= 0.6 is 10.3 Å². The third-order valence-electron chi connectivity index (χ3n) is 4.66. The topological polar surface area (TPSA) is 61.8 Å². The van der Waals surface area contributed by atoms with Gasteiger partial charge in [0.15, 0.2) is 0 Å². The van der Waals surface area contributed by atoms with Crippen LogP contribution in [0, 0.1) is 0 Å². The summed E-state index contributed by atoms with van der Waals surface area (Å²) in [5.74, 6) is 0.262. The molecule has 0 bridgehead atoms. The first-order valence-corrected chi connectivity index (χ1v) is 12.5. The summed E-state index contributed by atoms with van der Waals surface area (Å²) in [6.07, 6.45) is 0.0192. The van der Waals surface area contributed by atoms with Gasteiger partial charge < -0.3 is 9.47 Å². The van der Waals surface area contributed by atoms with E-state index >= 15 is 0 Å². The lowest BCUT2D eigenvalue weighted by Crippen LogP contribution is -2.28. The SMILES string of the molecule is CCOCCOC1CCS(OS(=O)(=O)C(F)(F)F)(c2cccc3ccccc23)C1. The van der Waals surface area contributed by atoms with E-state index in [1.54, 1.807) is 24.3 Å². The van der Waals surface area contributed by atoms with Crippen molar-refractivity contribution in [3.63, 3.8) is 0 Å². The maximum Gasteiger partial charge on any atom is 0.523 e. The fraction of sp³-hybridized carbons (Fsp3) is 0.474. The highest BCUT2D eigenvalue weighted by Gasteiger charge is 2.53. The largest absolute Gasteiger partial charge is 0.523 e.